The Hall–Kier alpha value is -2.11. The summed E-state index contributed by atoms with van der Waals surface area (Å²) in [6.07, 6.45) is 3.35. The third kappa shape index (κ3) is 4.53. The molecule has 0 fully saturated rings. The van der Waals surface area contributed by atoms with Gasteiger partial charge in [0.05, 0.1) is 5.92 Å². The zero-order valence-corrected chi connectivity index (χ0v) is 12.0. The molecule has 0 saturated heterocycles. The van der Waals surface area contributed by atoms with Gasteiger partial charge in [0.1, 0.15) is 0 Å². The van der Waals surface area contributed by atoms with Gasteiger partial charge in [-0.3, -0.25) is 9.78 Å². The lowest BCUT2D eigenvalue weighted by Crippen LogP contribution is -2.46. The first-order chi connectivity index (χ1) is 9.45. The third-order valence-corrected chi connectivity index (χ3v) is 3.28. The molecular formula is C14H21N3O3. The Morgan fingerprint density at radius 1 is 1.35 bits per heavy atom. The summed E-state index contributed by atoms with van der Waals surface area (Å²) >= 11 is 0. The van der Waals surface area contributed by atoms with E-state index in [1.165, 1.54) is 0 Å². The summed E-state index contributed by atoms with van der Waals surface area (Å²) in [5.74, 6) is -1.55. The van der Waals surface area contributed by atoms with Gasteiger partial charge in [0.2, 0.25) is 0 Å². The predicted molar refractivity (Wildman–Crippen MR) is 75.1 cm³/mol. The Labute approximate surface area is 118 Å². The van der Waals surface area contributed by atoms with Crippen molar-refractivity contribution in [2.75, 3.05) is 6.54 Å². The Kier molecular flexibility index (Phi) is 5.96. The minimum absolute atomic E-state index is 0.259. The average Bonchev–Trinajstić information content (AvgIpc) is 2.44. The second-order valence-corrected chi connectivity index (χ2v) is 4.73. The van der Waals surface area contributed by atoms with Gasteiger partial charge in [0.25, 0.3) is 0 Å². The summed E-state index contributed by atoms with van der Waals surface area (Å²) < 4.78 is 0. The van der Waals surface area contributed by atoms with E-state index in [1.54, 1.807) is 31.1 Å². The molecule has 0 radical (unpaired) electrons. The smallest absolute Gasteiger partial charge is 0.317 e. The van der Waals surface area contributed by atoms with Crippen molar-refractivity contribution in [3.63, 3.8) is 0 Å². The molecule has 0 aliphatic rings. The normalized spacial score (nSPS) is 13.3. The minimum Gasteiger partial charge on any atom is -0.481 e. The number of aromatic nitrogens is 1. The SMILES string of the molecule is CCN(Cc1ccncc1)C(=O)NC(C)C(C)C(=O)O. The van der Waals surface area contributed by atoms with Gasteiger partial charge in [-0.1, -0.05) is 0 Å². The van der Waals surface area contributed by atoms with Crippen LogP contribution in [0.1, 0.15) is 26.3 Å². The van der Waals surface area contributed by atoms with E-state index in [9.17, 15) is 9.59 Å². The standard InChI is InChI=1S/C14H21N3O3/c1-4-17(9-12-5-7-15-8-6-12)14(20)16-11(3)10(2)13(18)19/h5-8,10-11H,4,9H2,1-3H3,(H,16,20)(H,18,19). The highest BCUT2D eigenvalue weighted by molar-refractivity contribution is 5.76. The monoisotopic (exact) mass is 279 g/mol. The third-order valence-electron chi connectivity index (χ3n) is 3.28. The summed E-state index contributed by atoms with van der Waals surface area (Å²) in [7, 11) is 0. The number of hydrogen-bond donors (Lipinski definition) is 2. The number of nitrogens with one attached hydrogen (secondary N) is 1. The molecule has 0 spiro atoms. The van der Waals surface area contributed by atoms with Crippen molar-refractivity contribution in [2.24, 2.45) is 5.92 Å². The van der Waals surface area contributed by atoms with Crippen LogP contribution in [0.3, 0.4) is 0 Å². The Morgan fingerprint density at radius 2 is 1.95 bits per heavy atom. The number of urea groups is 1. The number of carboxylic acids is 1. The van der Waals surface area contributed by atoms with Gasteiger partial charge >= 0.3 is 12.0 Å². The molecule has 6 heteroatoms. The first-order valence-corrected chi connectivity index (χ1v) is 6.62. The van der Waals surface area contributed by atoms with Crippen LogP contribution in [0.4, 0.5) is 4.79 Å². The number of carbonyl (C=O) groups is 2. The van der Waals surface area contributed by atoms with Crippen molar-refractivity contribution in [2.45, 2.75) is 33.4 Å². The van der Waals surface area contributed by atoms with Gasteiger partial charge in [-0.2, -0.15) is 0 Å². The fourth-order valence-electron chi connectivity index (χ4n) is 1.66. The summed E-state index contributed by atoms with van der Waals surface area (Å²) in [5.41, 5.74) is 0.982. The summed E-state index contributed by atoms with van der Waals surface area (Å²) in [4.78, 5) is 28.6. The highest BCUT2D eigenvalue weighted by Crippen LogP contribution is 2.06. The summed E-state index contributed by atoms with van der Waals surface area (Å²) in [5, 5.41) is 11.6. The number of nitrogens with zero attached hydrogens (tertiary/aromatic N) is 2. The van der Waals surface area contributed by atoms with Crippen LogP contribution in [0, 0.1) is 5.92 Å². The lowest BCUT2D eigenvalue weighted by molar-refractivity contribution is -0.141. The molecule has 1 aromatic heterocycles. The van der Waals surface area contributed by atoms with E-state index in [-0.39, 0.29) is 6.03 Å². The van der Waals surface area contributed by atoms with Crippen LogP contribution in [0.15, 0.2) is 24.5 Å². The Morgan fingerprint density at radius 3 is 2.45 bits per heavy atom. The van der Waals surface area contributed by atoms with Crippen LogP contribution in [-0.2, 0) is 11.3 Å². The quantitative estimate of drug-likeness (QED) is 0.830. The number of pyridine rings is 1. The van der Waals surface area contributed by atoms with E-state index in [4.69, 9.17) is 5.11 Å². The molecule has 6 nitrogen and oxygen atoms in total. The molecule has 0 aliphatic heterocycles. The van der Waals surface area contributed by atoms with E-state index in [0.717, 1.165) is 5.56 Å². The van der Waals surface area contributed by atoms with Gasteiger partial charge in [0, 0.05) is 31.5 Å². The molecule has 2 amide bonds. The molecule has 2 atom stereocenters. The van der Waals surface area contributed by atoms with E-state index in [2.05, 4.69) is 10.3 Å². The lowest BCUT2D eigenvalue weighted by atomic mass is 10.0. The van der Waals surface area contributed by atoms with E-state index in [1.807, 2.05) is 19.1 Å². The fourth-order valence-corrected chi connectivity index (χ4v) is 1.66. The molecule has 1 rings (SSSR count). The van der Waals surface area contributed by atoms with Gasteiger partial charge in [-0.25, -0.2) is 4.79 Å². The van der Waals surface area contributed by atoms with Crippen LogP contribution in [0.5, 0.6) is 0 Å². The van der Waals surface area contributed by atoms with Gasteiger partial charge < -0.3 is 15.3 Å². The zero-order valence-electron chi connectivity index (χ0n) is 12.0. The molecule has 0 saturated carbocycles. The molecule has 0 aromatic carbocycles. The molecule has 2 unspecified atom stereocenters. The van der Waals surface area contributed by atoms with Crippen LogP contribution < -0.4 is 5.32 Å². The van der Waals surface area contributed by atoms with Crippen molar-refractivity contribution in [1.82, 2.24) is 15.2 Å². The van der Waals surface area contributed by atoms with Crippen molar-refractivity contribution in [1.29, 1.82) is 0 Å². The van der Waals surface area contributed by atoms with Crippen LogP contribution in [-0.4, -0.2) is 39.6 Å². The molecule has 2 N–H and O–H groups in total. The fraction of sp³-hybridized carbons (Fsp3) is 0.500. The zero-order chi connectivity index (χ0) is 15.1. The Balaban J connectivity index is 2.61. The van der Waals surface area contributed by atoms with Gasteiger partial charge in [0.15, 0.2) is 0 Å². The highest BCUT2D eigenvalue weighted by Gasteiger charge is 2.22. The maximum atomic E-state index is 12.1. The lowest BCUT2D eigenvalue weighted by Gasteiger charge is -2.25. The van der Waals surface area contributed by atoms with Gasteiger partial charge in [-0.15, -0.1) is 0 Å². The van der Waals surface area contributed by atoms with Crippen LogP contribution in [0.25, 0.3) is 0 Å². The second kappa shape index (κ2) is 7.47. The molecule has 0 aliphatic carbocycles. The topological polar surface area (TPSA) is 82.5 Å². The van der Waals surface area contributed by atoms with E-state index in [0.29, 0.717) is 13.1 Å². The summed E-state index contributed by atoms with van der Waals surface area (Å²) in [6.45, 7) is 6.16. The molecular weight excluding hydrogens is 258 g/mol. The van der Waals surface area contributed by atoms with Crippen molar-refractivity contribution in [3.05, 3.63) is 30.1 Å². The average molecular weight is 279 g/mol. The molecule has 20 heavy (non-hydrogen) atoms. The molecule has 1 heterocycles. The first-order valence-electron chi connectivity index (χ1n) is 6.62. The molecule has 110 valence electrons. The number of aliphatic carboxylic acids is 1. The number of hydrogen-bond acceptors (Lipinski definition) is 3. The number of carbonyl (C=O) groups excluding carboxylic acids is 1. The number of carboxylic acid groups (broad SMARTS) is 1. The maximum absolute atomic E-state index is 12.1. The predicted octanol–water partition coefficient (Wildman–Crippen LogP) is 1.72. The maximum Gasteiger partial charge on any atom is 0.317 e. The number of amides is 2. The van der Waals surface area contributed by atoms with Gasteiger partial charge in [-0.05, 0) is 38.5 Å². The largest absolute Gasteiger partial charge is 0.481 e. The van der Waals surface area contributed by atoms with E-state index >= 15 is 0 Å². The summed E-state index contributed by atoms with van der Waals surface area (Å²) in [6, 6.07) is 3.01. The minimum atomic E-state index is -0.921. The van der Waals surface area contributed by atoms with Crippen molar-refractivity contribution < 1.29 is 14.7 Å². The first kappa shape index (κ1) is 15.9. The molecule has 0 bridgehead atoms. The second-order valence-electron chi connectivity index (χ2n) is 4.73. The highest BCUT2D eigenvalue weighted by atomic mass is 16.4. The van der Waals surface area contributed by atoms with Crippen molar-refractivity contribution in [3.8, 4) is 0 Å². The van der Waals surface area contributed by atoms with Crippen molar-refractivity contribution >= 4 is 12.0 Å². The Bertz CT molecular complexity index is 450. The van der Waals surface area contributed by atoms with Crippen LogP contribution in [0.2, 0.25) is 0 Å². The van der Waals surface area contributed by atoms with Crippen LogP contribution >= 0.6 is 0 Å². The molecule has 1 aromatic rings. The number of rotatable bonds is 6. The van der Waals surface area contributed by atoms with E-state index < -0.39 is 17.9 Å².